The molecule has 9 aromatic rings. The monoisotopic (exact) mass is 690 g/mol. The number of rotatable bonds is 6. The van der Waals surface area contributed by atoms with Gasteiger partial charge < -0.3 is 0 Å². The Bertz CT molecular complexity index is 2830. The van der Waals surface area contributed by atoms with Crippen molar-refractivity contribution in [3.8, 4) is 44.6 Å². The van der Waals surface area contributed by atoms with Gasteiger partial charge in [-0.1, -0.05) is 127 Å². The van der Waals surface area contributed by atoms with Gasteiger partial charge in [-0.05, 0) is 109 Å². The SMILES string of the molecule is C1=C(c2ccc(-c3ccncc3)cc2)c2ccccc2C(c2nc3ccccc3nc2-c2ccc(-c3ccc(-c4ccncc4)cc3)c3ccccc23)C1. The summed E-state index contributed by atoms with van der Waals surface area (Å²) in [5.41, 5.74) is 16.8. The highest BCUT2D eigenvalue weighted by molar-refractivity contribution is 6.05. The molecule has 4 heteroatoms. The van der Waals surface area contributed by atoms with Gasteiger partial charge in [0, 0.05) is 36.3 Å². The molecule has 0 saturated heterocycles. The van der Waals surface area contributed by atoms with Gasteiger partial charge in [0.1, 0.15) is 0 Å². The predicted molar refractivity (Wildman–Crippen MR) is 221 cm³/mol. The van der Waals surface area contributed by atoms with E-state index in [2.05, 4.69) is 150 Å². The van der Waals surface area contributed by atoms with E-state index in [1.807, 2.05) is 49.1 Å². The Hall–Kier alpha value is -7.04. The van der Waals surface area contributed by atoms with Crippen LogP contribution in [-0.4, -0.2) is 19.9 Å². The van der Waals surface area contributed by atoms with E-state index < -0.39 is 0 Å². The first kappa shape index (κ1) is 31.7. The number of para-hydroxylation sites is 2. The Morgan fingerprint density at radius 3 is 1.56 bits per heavy atom. The highest BCUT2D eigenvalue weighted by atomic mass is 14.8. The van der Waals surface area contributed by atoms with Crippen molar-refractivity contribution in [1.82, 2.24) is 19.9 Å². The topological polar surface area (TPSA) is 51.6 Å². The third-order valence-corrected chi connectivity index (χ3v) is 10.7. The molecule has 54 heavy (non-hydrogen) atoms. The van der Waals surface area contributed by atoms with Crippen LogP contribution in [-0.2, 0) is 0 Å². The maximum atomic E-state index is 5.44. The lowest BCUT2D eigenvalue weighted by atomic mass is 9.78. The van der Waals surface area contributed by atoms with Crippen LogP contribution in [0.4, 0.5) is 0 Å². The Balaban J connectivity index is 1.08. The van der Waals surface area contributed by atoms with E-state index in [0.717, 1.165) is 50.9 Å². The van der Waals surface area contributed by atoms with Crippen LogP contribution in [0.1, 0.15) is 34.7 Å². The summed E-state index contributed by atoms with van der Waals surface area (Å²) in [6.07, 6.45) is 10.6. The molecule has 1 unspecified atom stereocenters. The molecule has 0 saturated carbocycles. The number of hydrogen-bond donors (Lipinski definition) is 0. The van der Waals surface area contributed by atoms with E-state index in [-0.39, 0.29) is 5.92 Å². The molecule has 0 N–H and O–H groups in total. The Morgan fingerprint density at radius 2 is 0.889 bits per heavy atom. The van der Waals surface area contributed by atoms with Crippen LogP contribution in [0.15, 0.2) is 189 Å². The number of aromatic nitrogens is 4. The molecule has 6 aromatic carbocycles. The van der Waals surface area contributed by atoms with Gasteiger partial charge in [0.15, 0.2) is 0 Å². The van der Waals surface area contributed by atoms with Crippen molar-refractivity contribution in [3.05, 3.63) is 211 Å². The van der Waals surface area contributed by atoms with Crippen LogP contribution in [0.2, 0.25) is 0 Å². The molecule has 3 aromatic heterocycles. The minimum atomic E-state index is 0.0346. The molecule has 0 radical (unpaired) electrons. The Labute approximate surface area is 314 Å². The molecule has 254 valence electrons. The summed E-state index contributed by atoms with van der Waals surface area (Å²) < 4.78 is 0. The van der Waals surface area contributed by atoms with Crippen LogP contribution in [0, 0.1) is 0 Å². The van der Waals surface area contributed by atoms with Gasteiger partial charge >= 0.3 is 0 Å². The van der Waals surface area contributed by atoms with Crippen molar-refractivity contribution in [1.29, 1.82) is 0 Å². The van der Waals surface area contributed by atoms with E-state index >= 15 is 0 Å². The van der Waals surface area contributed by atoms with Crippen LogP contribution in [0.25, 0.3) is 72.0 Å². The lowest BCUT2D eigenvalue weighted by molar-refractivity contribution is 0.785. The molecule has 0 aliphatic heterocycles. The third-order valence-electron chi connectivity index (χ3n) is 10.7. The summed E-state index contributed by atoms with van der Waals surface area (Å²) in [5.74, 6) is 0.0346. The molecule has 1 aliphatic carbocycles. The van der Waals surface area contributed by atoms with Gasteiger partial charge in [-0.15, -0.1) is 0 Å². The summed E-state index contributed by atoms with van der Waals surface area (Å²) >= 11 is 0. The minimum Gasteiger partial charge on any atom is -0.265 e. The summed E-state index contributed by atoms with van der Waals surface area (Å²) in [6, 6.07) is 56.2. The van der Waals surface area contributed by atoms with Gasteiger partial charge in [-0.25, -0.2) is 9.97 Å². The summed E-state index contributed by atoms with van der Waals surface area (Å²) in [4.78, 5) is 19.2. The first-order valence-electron chi connectivity index (χ1n) is 18.4. The van der Waals surface area contributed by atoms with Crippen molar-refractivity contribution in [2.24, 2.45) is 0 Å². The molecule has 3 heterocycles. The molecule has 0 spiro atoms. The lowest BCUT2D eigenvalue weighted by Gasteiger charge is -2.27. The van der Waals surface area contributed by atoms with Crippen molar-refractivity contribution in [2.45, 2.75) is 12.3 Å². The van der Waals surface area contributed by atoms with Gasteiger partial charge in [0.2, 0.25) is 0 Å². The Kier molecular flexibility index (Phi) is 7.92. The number of benzene rings is 6. The number of pyridine rings is 2. The Morgan fingerprint density at radius 1 is 0.389 bits per heavy atom. The van der Waals surface area contributed by atoms with Crippen LogP contribution in [0.5, 0.6) is 0 Å². The highest BCUT2D eigenvalue weighted by Gasteiger charge is 2.29. The number of allylic oxidation sites excluding steroid dienone is 1. The average molecular weight is 691 g/mol. The van der Waals surface area contributed by atoms with E-state index in [4.69, 9.17) is 9.97 Å². The van der Waals surface area contributed by atoms with Gasteiger partial charge in [0.25, 0.3) is 0 Å². The zero-order chi connectivity index (χ0) is 35.8. The van der Waals surface area contributed by atoms with Crippen molar-refractivity contribution < 1.29 is 0 Å². The zero-order valence-corrected chi connectivity index (χ0v) is 29.5. The average Bonchev–Trinajstić information content (AvgIpc) is 3.26. The molecule has 1 aliphatic rings. The number of nitrogens with zero attached hydrogens (tertiary/aromatic N) is 4. The second-order valence-corrected chi connectivity index (χ2v) is 13.8. The molecule has 4 nitrogen and oxygen atoms in total. The maximum absolute atomic E-state index is 5.44. The van der Waals surface area contributed by atoms with Crippen molar-refractivity contribution in [2.75, 3.05) is 0 Å². The smallest absolute Gasteiger partial charge is 0.0937 e. The molecule has 1 atom stereocenters. The molecule has 0 bridgehead atoms. The number of hydrogen-bond acceptors (Lipinski definition) is 4. The van der Waals surface area contributed by atoms with Crippen LogP contribution in [0.3, 0.4) is 0 Å². The maximum Gasteiger partial charge on any atom is 0.0937 e. The first-order chi connectivity index (χ1) is 26.8. The quantitative estimate of drug-likeness (QED) is 0.174. The second-order valence-electron chi connectivity index (χ2n) is 13.8. The standard InChI is InChI=1S/C50H34N4/c1-3-9-43-41(7-1)39(37-17-13-33(14-18-37)35-25-29-51-30-26-35)21-23-45(43)49-50(54-48-12-6-5-11-47(48)53-49)46-24-22-40(42-8-2-4-10-44(42)46)38-19-15-34(16-20-38)36-27-31-52-32-28-36/h1-23,25-32,46H,24H2. The zero-order valence-electron chi connectivity index (χ0n) is 29.5. The molecule has 10 rings (SSSR count). The number of fused-ring (bicyclic) bond motifs is 3. The largest absolute Gasteiger partial charge is 0.265 e. The normalized spacial score (nSPS) is 13.8. The second kappa shape index (κ2) is 13.5. The first-order valence-corrected chi connectivity index (χ1v) is 18.4. The van der Waals surface area contributed by atoms with Crippen LogP contribution >= 0.6 is 0 Å². The predicted octanol–water partition coefficient (Wildman–Crippen LogP) is 12.2. The summed E-state index contributed by atoms with van der Waals surface area (Å²) in [5, 5.41) is 2.35. The van der Waals surface area contributed by atoms with Crippen molar-refractivity contribution in [3.63, 3.8) is 0 Å². The summed E-state index contributed by atoms with van der Waals surface area (Å²) in [6.45, 7) is 0. The molecular formula is C50H34N4. The van der Waals surface area contributed by atoms with Crippen LogP contribution < -0.4 is 0 Å². The van der Waals surface area contributed by atoms with E-state index in [1.54, 1.807) is 0 Å². The van der Waals surface area contributed by atoms with E-state index in [1.165, 1.54) is 49.9 Å². The fraction of sp³-hybridized carbons (Fsp3) is 0.0400. The fourth-order valence-corrected chi connectivity index (χ4v) is 8.04. The van der Waals surface area contributed by atoms with Crippen molar-refractivity contribution >= 4 is 27.4 Å². The molecule has 0 fully saturated rings. The fourth-order valence-electron chi connectivity index (χ4n) is 8.04. The van der Waals surface area contributed by atoms with E-state index in [0.29, 0.717) is 0 Å². The molecular weight excluding hydrogens is 657 g/mol. The molecule has 0 amide bonds. The highest BCUT2D eigenvalue weighted by Crippen LogP contribution is 2.45. The lowest BCUT2D eigenvalue weighted by Crippen LogP contribution is -2.13. The van der Waals surface area contributed by atoms with Gasteiger partial charge in [0.05, 0.1) is 22.4 Å². The van der Waals surface area contributed by atoms with E-state index in [9.17, 15) is 0 Å². The van der Waals surface area contributed by atoms with Gasteiger partial charge in [-0.3, -0.25) is 9.97 Å². The third kappa shape index (κ3) is 5.65. The minimum absolute atomic E-state index is 0.0346. The summed E-state index contributed by atoms with van der Waals surface area (Å²) in [7, 11) is 0. The van der Waals surface area contributed by atoms with Gasteiger partial charge in [-0.2, -0.15) is 0 Å².